The van der Waals surface area contributed by atoms with Gasteiger partial charge in [-0.15, -0.1) is 11.3 Å². The summed E-state index contributed by atoms with van der Waals surface area (Å²) >= 11 is 1.36. The molecule has 1 fully saturated rings. The van der Waals surface area contributed by atoms with E-state index in [0.29, 0.717) is 17.0 Å². The van der Waals surface area contributed by atoms with Gasteiger partial charge < -0.3 is 25.7 Å². The minimum atomic E-state index is -3.17. The Hall–Kier alpha value is -4.91. The lowest BCUT2D eigenvalue weighted by atomic mass is 10.0. The Morgan fingerprint density at radius 2 is 1.93 bits per heavy atom. The van der Waals surface area contributed by atoms with Crippen molar-refractivity contribution in [1.82, 2.24) is 20.5 Å². The molecule has 3 amide bonds. The Morgan fingerprint density at radius 1 is 1.16 bits per heavy atom. The summed E-state index contributed by atoms with van der Waals surface area (Å²) in [4.78, 5) is 46.3. The maximum absolute atomic E-state index is 14.9. The molecule has 1 saturated heterocycles. The van der Waals surface area contributed by atoms with Gasteiger partial charge in [-0.25, -0.2) is 4.98 Å². The lowest BCUT2D eigenvalue weighted by molar-refractivity contribution is -0.138. The van der Waals surface area contributed by atoms with Gasteiger partial charge in [0.2, 0.25) is 11.8 Å². The number of hydrogen-bond acceptors (Lipinski definition) is 7. The number of thiophene rings is 1. The zero-order valence-electron chi connectivity index (χ0n) is 23.5. The first-order valence-corrected chi connectivity index (χ1v) is 14.7. The van der Waals surface area contributed by atoms with Gasteiger partial charge in [0.15, 0.2) is 5.89 Å². The van der Waals surface area contributed by atoms with Crippen LogP contribution in [0.1, 0.15) is 63.1 Å². The Labute approximate surface area is 254 Å². The van der Waals surface area contributed by atoms with E-state index in [4.69, 9.17) is 15.6 Å². The number of nitrogens with one attached hydrogen (secondary N) is 3. The van der Waals surface area contributed by atoms with Crippen LogP contribution < -0.4 is 16.4 Å². The number of benzene rings is 2. The molecular weight excluding hydrogens is 590 g/mol. The highest BCUT2D eigenvalue weighted by atomic mass is 32.1. The van der Waals surface area contributed by atoms with E-state index in [1.165, 1.54) is 53.0 Å². The lowest BCUT2D eigenvalue weighted by Gasteiger charge is -2.25. The maximum Gasteiger partial charge on any atom is 0.299 e. The summed E-state index contributed by atoms with van der Waals surface area (Å²) in [6.45, 7) is 1.54. The Kier molecular flexibility index (Phi) is 7.49. The van der Waals surface area contributed by atoms with E-state index in [2.05, 4.69) is 15.6 Å². The summed E-state index contributed by atoms with van der Waals surface area (Å²) in [5.74, 6) is -4.66. The fourth-order valence-electron chi connectivity index (χ4n) is 5.76. The second-order valence-corrected chi connectivity index (χ2v) is 11.8. The predicted molar refractivity (Wildman–Crippen MR) is 158 cm³/mol. The fraction of sp³-hybridized carbons (Fsp3) is 0.258. The van der Waals surface area contributed by atoms with Crippen LogP contribution in [-0.2, 0) is 15.5 Å². The van der Waals surface area contributed by atoms with E-state index in [-0.39, 0.29) is 52.9 Å². The molecule has 3 heterocycles. The quantitative estimate of drug-likeness (QED) is 0.172. The largest absolute Gasteiger partial charge is 0.449 e. The highest BCUT2D eigenvalue weighted by Gasteiger charge is 2.45. The van der Waals surface area contributed by atoms with Crippen LogP contribution in [0.5, 0.6) is 0 Å². The van der Waals surface area contributed by atoms with Gasteiger partial charge in [0.25, 0.3) is 11.8 Å². The van der Waals surface area contributed by atoms with Gasteiger partial charge in [-0.2, -0.15) is 8.78 Å². The highest BCUT2D eigenvalue weighted by Crippen LogP contribution is 2.50. The molecule has 2 aromatic carbocycles. The van der Waals surface area contributed by atoms with Gasteiger partial charge in [0.05, 0.1) is 24.7 Å². The van der Waals surface area contributed by atoms with Crippen molar-refractivity contribution in [2.75, 3.05) is 13.1 Å². The maximum atomic E-state index is 14.9. The number of aromatic nitrogens is 1. The van der Waals surface area contributed by atoms with Crippen LogP contribution in [0.25, 0.3) is 11.1 Å². The van der Waals surface area contributed by atoms with Crippen molar-refractivity contribution in [2.45, 2.75) is 37.3 Å². The number of alkyl halides is 2. The molecule has 0 spiro atoms. The van der Waals surface area contributed by atoms with Crippen molar-refractivity contribution in [1.29, 1.82) is 5.41 Å². The number of likely N-dealkylation sites (tertiary alicyclic amines) is 1. The van der Waals surface area contributed by atoms with Crippen LogP contribution in [0.15, 0.2) is 70.8 Å². The summed E-state index contributed by atoms with van der Waals surface area (Å²) in [5, 5.41) is 14.9. The molecule has 3 atom stereocenters. The van der Waals surface area contributed by atoms with Crippen molar-refractivity contribution >= 4 is 34.9 Å². The number of nitrogen functional groups attached to an aromatic ring is 1. The molecule has 2 unspecified atom stereocenters. The molecule has 0 radical (unpaired) electrons. The SMILES string of the molecule is C[C@@H](NC(=O)C1CC(c2ncco2)CN1C(=O)CNC(=O)c1ccc2c(c1)-c1ccccc1C2(F)F)c1cc(C(=N)N)cs1. The number of carbonyl (C=O) groups excluding carboxylic acids is 3. The molecule has 6 rings (SSSR count). The van der Waals surface area contributed by atoms with Gasteiger partial charge in [0, 0.05) is 39.1 Å². The van der Waals surface area contributed by atoms with Crippen LogP contribution >= 0.6 is 11.3 Å². The number of nitrogens with zero attached hydrogens (tertiary/aromatic N) is 2. The van der Waals surface area contributed by atoms with Crippen molar-refractivity contribution in [2.24, 2.45) is 5.73 Å². The summed E-state index contributed by atoms with van der Waals surface area (Å²) in [6.07, 6.45) is 3.18. The number of oxazole rings is 1. The predicted octanol–water partition coefficient (Wildman–Crippen LogP) is 4.13. The van der Waals surface area contributed by atoms with E-state index in [0.717, 1.165) is 4.88 Å². The molecule has 4 aromatic rings. The second-order valence-electron chi connectivity index (χ2n) is 10.8. The van der Waals surface area contributed by atoms with Gasteiger partial charge in [0.1, 0.15) is 18.1 Å². The number of amidine groups is 1. The van der Waals surface area contributed by atoms with Crippen LogP contribution in [0.3, 0.4) is 0 Å². The molecule has 1 aliphatic heterocycles. The first kappa shape index (κ1) is 29.2. The number of hydrogen-bond donors (Lipinski definition) is 4. The first-order chi connectivity index (χ1) is 21.0. The summed E-state index contributed by atoms with van der Waals surface area (Å²) in [5.41, 5.74) is 6.59. The average molecular weight is 619 g/mol. The van der Waals surface area contributed by atoms with Gasteiger partial charge in [-0.3, -0.25) is 19.8 Å². The Balaban J connectivity index is 1.16. The third kappa shape index (κ3) is 5.23. The van der Waals surface area contributed by atoms with Crippen molar-refractivity contribution < 1.29 is 27.6 Å². The number of fused-ring (bicyclic) bond motifs is 3. The standard InChI is InChI=1S/C31H28F2N6O4S/c1-16(25-12-19(15-44-25)27(34)35)38-29(42)24-11-18(30-36-8-9-43-30)14-39(24)26(40)13-37-28(41)17-6-7-23-21(10-17)20-4-2-3-5-22(20)31(23,32)33/h2-10,12,15-16,18,24H,11,13-14H2,1H3,(H3,34,35)(H,37,41)(H,38,42)/t16-,18?,24?/m1/s1. The molecule has 13 heteroatoms. The van der Waals surface area contributed by atoms with Crippen LogP contribution in [0.4, 0.5) is 8.78 Å². The number of amides is 3. The number of carbonyl (C=O) groups is 3. The normalized spacial score (nSPS) is 18.8. The van der Waals surface area contributed by atoms with Crippen LogP contribution in [0.2, 0.25) is 0 Å². The summed E-state index contributed by atoms with van der Waals surface area (Å²) in [6, 6.07) is 10.6. The van der Waals surface area contributed by atoms with E-state index < -0.39 is 36.4 Å². The zero-order chi connectivity index (χ0) is 31.2. The van der Waals surface area contributed by atoms with Crippen molar-refractivity contribution in [3.8, 4) is 11.1 Å². The molecule has 0 bridgehead atoms. The Bertz CT molecular complexity index is 1770. The van der Waals surface area contributed by atoms with E-state index in [9.17, 15) is 23.2 Å². The van der Waals surface area contributed by atoms with Crippen molar-refractivity contribution in [3.63, 3.8) is 0 Å². The zero-order valence-corrected chi connectivity index (χ0v) is 24.3. The van der Waals surface area contributed by atoms with Crippen LogP contribution in [0, 0.1) is 5.41 Å². The van der Waals surface area contributed by atoms with E-state index in [1.807, 2.05) is 0 Å². The molecule has 1 aliphatic carbocycles. The Morgan fingerprint density at radius 3 is 2.66 bits per heavy atom. The van der Waals surface area contributed by atoms with E-state index >= 15 is 0 Å². The fourth-order valence-corrected chi connectivity index (χ4v) is 6.67. The van der Waals surface area contributed by atoms with E-state index in [1.54, 1.807) is 36.6 Å². The van der Waals surface area contributed by atoms with Crippen LogP contribution in [-0.4, -0.2) is 52.6 Å². The third-order valence-corrected chi connectivity index (χ3v) is 9.13. The topological polar surface area (TPSA) is 154 Å². The third-order valence-electron chi connectivity index (χ3n) is 8.02. The highest BCUT2D eigenvalue weighted by molar-refractivity contribution is 7.10. The number of rotatable bonds is 8. The molecular formula is C31H28F2N6O4S. The smallest absolute Gasteiger partial charge is 0.299 e. The number of nitrogens with two attached hydrogens (primary N) is 1. The molecule has 5 N–H and O–H groups in total. The van der Waals surface area contributed by atoms with Crippen molar-refractivity contribution in [3.05, 3.63) is 99.4 Å². The molecule has 0 saturated carbocycles. The van der Waals surface area contributed by atoms with Gasteiger partial charge in [-0.05, 0) is 42.7 Å². The van der Waals surface area contributed by atoms with Gasteiger partial charge >= 0.3 is 0 Å². The molecule has 44 heavy (non-hydrogen) atoms. The molecule has 2 aliphatic rings. The summed E-state index contributed by atoms with van der Waals surface area (Å²) < 4.78 is 35.3. The molecule has 226 valence electrons. The lowest BCUT2D eigenvalue weighted by Crippen LogP contribution is -2.49. The minimum Gasteiger partial charge on any atom is -0.449 e. The molecule has 10 nitrogen and oxygen atoms in total. The molecule has 2 aromatic heterocycles. The monoisotopic (exact) mass is 618 g/mol. The first-order valence-electron chi connectivity index (χ1n) is 13.9. The minimum absolute atomic E-state index is 0.0722. The van der Waals surface area contributed by atoms with Gasteiger partial charge in [-0.1, -0.05) is 30.3 Å². The second kappa shape index (κ2) is 11.3. The number of halogens is 2. The summed E-state index contributed by atoms with van der Waals surface area (Å²) in [7, 11) is 0. The average Bonchev–Trinajstić information content (AvgIpc) is 3.82.